The van der Waals surface area contributed by atoms with Crippen molar-refractivity contribution in [2.75, 3.05) is 5.73 Å². The van der Waals surface area contributed by atoms with Gasteiger partial charge in [0.1, 0.15) is 6.33 Å². The molecule has 0 unspecified atom stereocenters. The highest BCUT2D eigenvalue weighted by Crippen LogP contribution is 2.26. The Hall–Kier alpha value is -2.10. The van der Waals surface area contributed by atoms with E-state index >= 15 is 0 Å². The lowest BCUT2D eigenvalue weighted by Crippen LogP contribution is -1.94. The summed E-state index contributed by atoms with van der Waals surface area (Å²) in [5.74, 6) is 1.11. The van der Waals surface area contributed by atoms with Crippen LogP contribution in [0.2, 0.25) is 0 Å². The third-order valence-corrected chi connectivity index (χ3v) is 1.94. The van der Waals surface area contributed by atoms with E-state index in [-0.39, 0.29) is 0 Å². The fraction of sp³-hybridized carbons (Fsp3) is 0.0909. The van der Waals surface area contributed by atoms with E-state index in [0.717, 1.165) is 5.56 Å². The van der Waals surface area contributed by atoms with E-state index in [9.17, 15) is 0 Å². The van der Waals surface area contributed by atoms with Gasteiger partial charge in [0.25, 0.3) is 0 Å². The van der Waals surface area contributed by atoms with Crippen LogP contribution in [0.4, 0.5) is 5.69 Å². The van der Waals surface area contributed by atoms with E-state index in [1.807, 2.05) is 25.1 Å². The number of hydrogen-bond donors (Lipinski definition) is 1. The molecular weight excluding hydrogens is 190 g/mol. The van der Waals surface area contributed by atoms with Crippen molar-refractivity contribution in [1.29, 1.82) is 0 Å². The number of aromatic nitrogens is 2. The van der Waals surface area contributed by atoms with Gasteiger partial charge in [0.05, 0.1) is 5.69 Å². The molecular formula is C11H11N3O. The van der Waals surface area contributed by atoms with Gasteiger partial charge in [-0.25, -0.2) is 9.97 Å². The van der Waals surface area contributed by atoms with Crippen molar-refractivity contribution in [2.45, 2.75) is 6.92 Å². The molecule has 0 atom stereocenters. The molecule has 0 aliphatic heterocycles. The van der Waals surface area contributed by atoms with Crippen LogP contribution in [0.1, 0.15) is 5.56 Å². The average Bonchev–Trinajstić information content (AvgIpc) is 2.25. The second-order valence-corrected chi connectivity index (χ2v) is 3.19. The van der Waals surface area contributed by atoms with Gasteiger partial charge in [-0.15, -0.1) is 0 Å². The first-order valence-electron chi connectivity index (χ1n) is 4.56. The lowest BCUT2D eigenvalue weighted by molar-refractivity contribution is 0.463. The molecule has 4 heteroatoms. The lowest BCUT2D eigenvalue weighted by Gasteiger charge is -2.07. The van der Waals surface area contributed by atoms with Crippen LogP contribution in [0.15, 0.2) is 36.8 Å². The van der Waals surface area contributed by atoms with Crippen molar-refractivity contribution in [1.82, 2.24) is 9.97 Å². The van der Waals surface area contributed by atoms with Crippen molar-refractivity contribution < 1.29 is 4.74 Å². The predicted octanol–water partition coefficient (Wildman–Crippen LogP) is 2.16. The molecule has 0 aliphatic rings. The summed E-state index contributed by atoms with van der Waals surface area (Å²) < 4.78 is 5.51. The maximum absolute atomic E-state index is 5.77. The highest BCUT2D eigenvalue weighted by atomic mass is 16.5. The molecule has 1 aromatic heterocycles. The Morgan fingerprint density at radius 2 is 2.13 bits per heavy atom. The summed E-state index contributed by atoms with van der Waals surface area (Å²) in [7, 11) is 0. The predicted molar refractivity (Wildman–Crippen MR) is 57.7 cm³/mol. The summed E-state index contributed by atoms with van der Waals surface area (Å²) in [4.78, 5) is 7.76. The molecule has 2 rings (SSSR count). The summed E-state index contributed by atoms with van der Waals surface area (Å²) in [6.45, 7) is 1.98. The van der Waals surface area contributed by atoms with E-state index < -0.39 is 0 Å². The molecule has 0 saturated carbocycles. The van der Waals surface area contributed by atoms with E-state index in [0.29, 0.717) is 17.3 Å². The number of hydrogen-bond acceptors (Lipinski definition) is 4. The Bertz CT molecular complexity index is 457. The molecule has 2 N–H and O–H groups in total. The average molecular weight is 201 g/mol. The molecule has 0 bridgehead atoms. The standard InChI is InChI=1S/C11H11N3O/c1-8-2-3-9(12)10(6-8)15-11-4-5-13-7-14-11/h2-7H,12H2,1H3. The van der Waals surface area contributed by atoms with E-state index in [2.05, 4.69) is 9.97 Å². The first kappa shape index (κ1) is 9.45. The van der Waals surface area contributed by atoms with Crippen LogP contribution in [0.3, 0.4) is 0 Å². The van der Waals surface area contributed by atoms with Gasteiger partial charge < -0.3 is 10.5 Å². The Morgan fingerprint density at radius 3 is 2.87 bits per heavy atom. The number of nitrogen functional groups attached to an aromatic ring is 1. The highest BCUT2D eigenvalue weighted by Gasteiger charge is 2.02. The molecule has 2 aromatic rings. The second-order valence-electron chi connectivity index (χ2n) is 3.19. The van der Waals surface area contributed by atoms with Crippen LogP contribution in [-0.4, -0.2) is 9.97 Å². The molecule has 1 aromatic carbocycles. The second kappa shape index (κ2) is 3.96. The monoisotopic (exact) mass is 201 g/mol. The minimum absolute atomic E-state index is 0.488. The Kier molecular flexibility index (Phi) is 2.49. The fourth-order valence-electron chi connectivity index (χ4n) is 1.18. The number of anilines is 1. The SMILES string of the molecule is Cc1ccc(N)c(Oc2ccncn2)c1. The summed E-state index contributed by atoms with van der Waals surface area (Å²) in [5.41, 5.74) is 7.46. The van der Waals surface area contributed by atoms with E-state index in [1.165, 1.54) is 6.33 Å². The number of ether oxygens (including phenoxy) is 1. The summed E-state index contributed by atoms with van der Waals surface area (Å²) >= 11 is 0. The van der Waals surface area contributed by atoms with Gasteiger partial charge in [0.15, 0.2) is 5.75 Å². The van der Waals surface area contributed by atoms with Gasteiger partial charge in [-0.1, -0.05) is 6.07 Å². The number of nitrogens with zero attached hydrogens (tertiary/aromatic N) is 2. The quantitative estimate of drug-likeness (QED) is 0.756. The zero-order chi connectivity index (χ0) is 10.7. The molecule has 76 valence electrons. The summed E-state index contributed by atoms with van der Waals surface area (Å²) in [6, 6.07) is 7.30. The van der Waals surface area contributed by atoms with Gasteiger partial charge in [-0.05, 0) is 24.6 Å². The lowest BCUT2D eigenvalue weighted by atomic mass is 10.2. The summed E-state index contributed by atoms with van der Waals surface area (Å²) in [5, 5.41) is 0. The molecule has 0 amide bonds. The maximum atomic E-state index is 5.77. The molecule has 0 fully saturated rings. The van der Waals surface area contributed by atoms with Crippen molar-refractivity contribution in [3.8, 4) is 11.6 Å². The van der Waals surface area contributed by atoms with Gasteiger partial charge in [-0.2, -0.15) is 0 Å². The number of benzene rings is 1. The zero-order valence-electron chi connectivity index (χ0n) is 8.34. The first-order chi connectivity index (χ1) is 7.25. The third-order valence-electron chi connectivity index (χ3n) is 1.94. The topological polar surface area (TPSA) is 61.0 Å². The number of aryl methyl sites for hydroxylation is 1. The van der Waals surface area contributed by atoms with E-state index in [1.54, 1.807) is 12.3 Å². The van der Waals surface area contributed by atoms with Crippen LogP contribution in [0, 0.1) is 6.92 Å². The van der Waals surface area contributed by atoms with Crippen LogP contribution in [-0.2, 0) is 0 Å². The largest absolute Gasteiger partial charge is 0.437 e. The van der Waals surface area contributed by atoms with Crippen LogP contribution >= 0.6 is 0 Å². The number of rotatable bonds is 2. The third kappa shape index (κ3) is 2.22. The Labute approximate surface area is 87.7 Å². The molecule has 0 radical (unpaired) electrons. The Morgan fingerprint density at radius 1 is 1.27 bits per heavy atom. The molecule has 0 saturated heterocycles. The molecule has 0 aliphatic carbocycles. The molecule has 15 heavy (non-hydrogen) atoms. The van der Waals surface area contributed by atoms with Crippen molar-refractivity contribution in [3.63, 3.8) is 0 Å². The van der Waals surface area contributed by atoms with Crippen LogP contribution < -0.4 is 10.5 Å². The minimum atomic E-state index is 0.488. The van der Waals surface area contributed by atoms with E-state index in [4.69, 9.17) is 10.5 Å². The smallest absolute Gasteiger partial charge is 0.222 e. The normalized spacial score (nSPS) is 9.93. The van der Waals surface area contributed by atoms with Gasteiger partial charge >= 0.3 is 0 Å². The molecule has 0 spiro atoms. The van der Waals surface area contributed by atoms with Crippen LogP contribution in [0.5, 0.6) is 11.6 Å². The Balaban J connectivity index is 2.28. The number of nitrogens with two attached hydrogens (primary N) is 1. The van der Waals surface area contributed by atoms with Gasteiger partial charge in [-0.3, -0.25) is 0 Å². The zero-order valence-corrected chi connectivity index (χ0v) is 8.34. The fourth-order valence-corrected chi connectivity index (χ4v) is 1.18. The van der Waals surface area contributed by atoms with Crippen LogP contribution in [0.25, 0.3) is 0 Å². The van der Waals surface area contributed by atoms with Gasteiger partial charge in [0, 0.05) is 12.3 Å². The highest BCUT2D eigenvalue weighted by molar-refractivity contribution is 5.54. The summed E-state index contributed by atoms with van der Waals surface area (Å²) in [6.07, 6.45) is 3.05. The minimum Gasteiger partial charge on any atom is -0.437 e. The molecule has 4 nitrogen and oxygen atoms in total. The van der Waals surface area contributed by atoms with Crippen molar-refractivity contribution >= 4 is 5.69 Å². The first-order valence-corrected chi connectivity index (χ1v) is 4.56. The van der Waals surface area contributed by atoms with Crippen molar-refractivity contribution in [2.24, 2.45) is 0 Å². The molecule has 1 heterocycles. The van der Waals surface area contributed by atoms with Crippen molar-refractivity contribution in [3.05, 3.63) is 42.4 Å². The van der Waals surface area contributed by atoms with Gasteiger partial charge in [0.2, 0.25) is 5.88 Å². The maximum Gasteiger partial charge on any atom is 0.222 e.